The van der Waals surface area contributed by atoms with Crippen LogP contribution in [0, 0.1) is 0 Å². The van der Waals surface area contributed by atoms with Crippen molar-refractivity contribution in [2.24, 2.45) is 5.14 Å². The molecule has 2 aromatic rings. The first kappa shape index (κ1) is 13.6. The van der Waals surface area contributed by atoms with Crippen molar-refractivity contribution in [2.45, 2.75) is 11.8 Å². The fourth-order valence-electron chi connectivity index (χ4n) is 1.91. The Morgan fingerprint density at radius 2 is 1.74 bits per heavy atom. The van der Waals surface area contributed by atoms with Gasteiger partial charge in [0.1, 0.15) is 5.75 Å². The highest BCUT2D eigenvalue weighted by atomic mass is 32.2. The summed E-state index contributed by atoms with van der Waals surface area (Å²) in [5, 5.41) is 5.28. The molecular weight excluding hydrogens is 262 g/mol. The highest BCUT2D eigenvalue weighted by Crippen LogP contribution is 2.35. The molecule has 5 heteroatoms. The summed E-state index contributed by atoms with van der Waals surface area (Å²) in [6.45, 7) is 2.30. The van der Waals surface area contributed by atoms with Crippen LogP contribution in [0.25, 0.3) is 11.1 Å². The van der Waals surface area contributed by atoms with E-state index in [1.54, 1.807) is 12.1 Å². The third-order valence-corrected chi connectivity index (χ3v) is 3.61. The fourth-order valence-corrected chi connectivity index (χ4v) is 2.68. The molecule has 0 spiro atoms. The molecule has 2 N–H and O–H groups in total. The van der Waals surface area contributed by atoms with Crippen molar-refractivity contribution in [1.82, 2.24) is 0 Å². The first-order chi connectivity index (χ1) is 9.04. The SMILES string of the molecule is CCOc1cccc(S(N)(=O)=O)c1-c1ccccc1. The molecule has 0 amide bonds. The van der Waals surface area contributed by atoms with Crippen LogP contribution < -0.4 is 9.88 Å². The van der Waals surface area contributed by atoms with Crippen LogP contribution in [0.15, 0.2) is 53.4 Å². The molecule has 2 aromatic carbocycles. The van der Waals surface area contributed by atoms with Crippen molar-refractivity contribution in [3.63, 3.8) is 0 Å². The molecule has 0 atom stereocenters. The predicted molar refractivity (Wildman–Crippen MR) is 74.4 cm³/mol. The fraction of sp³-hybridized carbons (Fsp3) is 0.143. The van der Waals surface area contributed by atoms with Gasteiger partial charge in [-0.05, 0) is 24.6 Å². The summed E-state index contributed by atoms with van der Waals surface area (Å²) in [5.74, 6) is 0.514. The molecular formula is C14H15NO3S. The quantitative estimate of drug-likeness (QED) is 0.933. The molecule has 0 aliphatic rings. The third-order valence-electron chi connectivity index (χ3n) is 2.66. The van der Waals surface area contributed by atoms with Gasteiger partial charge in [-0.2, -0.15) is 0 Å². The Hall–Kier alpha value is -1.85. The van der Waals surface area contributed by atoms with Crippen molar-refractivity contribution in [1.29, 1.82) is 0 Å². The standard InChI is InChI=1S/C14H15NO3S/c1-2-18-12-9-6-10-13(19(15,16)17)14(12)11-7-4-3-5-8-11/h3-10H,2H2,1H3,(H2,15,16,17). The normalized spacial score (nSPS) is 11.3. The Labute approximate surface area is 112 Å². The van der Waals surface area contributed by atoms with Crippen LogP contribution in [0.2, 0.25) is 0 Å². The van der Waals surface area contributed by atoms with E-state index in [0.29, 0.717) is 17.9 Å². The minimum atomic E-state index is -3.80. The summed E-state index contributed by atoms with van der Waals surface area (Å²) in [4.78, 5) is 0.0738. The molecule has 0 unspecified atom stereocenters. The van der Waals surface area contributed by atoms with E-state index in [-0.39, 0.29) is 4.90 Å². The van der Waals surface area contributed by atoms with Gasteiger partial charge in [-0.3, -0.25) is 0 Å². The third kappa shape index (κ3) is 2.94. The average molecular weight is 277 g/mol. The van der Waals surface area contributed by atoms with E-state index in [2.05, 4.69) is 0 Å². The number of nitrogens with two attached hydrogens (primary N) is 1. The molecule has 0 radical (unpaired) electrons. The van der Waals surface area contributed by atoms with Crippen molar-refractivity contribution in [2.75, 3.05) is 6.61 Å². The second-order valence-corrected chi connectivity index (χ2v) is 5.50. The topological polar surface area (TPSA) is 69.4 Å². The summed E-state index contributed by atoms with van der Waals surface area (Å²) in [7, 11) is -3.80. The number of sulfonamides is 1. The van der Waals surface area contributed by atoms with Crippen molar-refractivity contribution in [3.8, 4) is 16.9 Å². The molecule has 2 rings (SSSR count). The minimum absolute atomic E-state index is 0.0738. The van der Waals surface area contributed by atoms with E-state index in [0.717, 1.165) is 5.56 Å². The van der Waals surface area contributed by atoms with Crippen LogP contribution in [0.3, 0.4) is 0 Å². The smallest absolute Gasteiger partial charge is 0.238 e. The number of benzene rings is 2. The number of rotatable bonds is 4. The van der Waals surface area contributed by atoms with E-state index >= 15 is 0 Å². The van der Waals surface area contributed by atoms with E-state index in [4.69, 9.17) is 9.88 Å². The Morgan fingerprint density at radius 3 is 2.32 bits per heavy atom. The lowest BCUT2D eigenvalue weighted by Crippen LogP contribution is -2.14. The monoisotopic (exact) mass is 277 g/mol. The van der Waals surface area contributed by atoms with E-state index in [1.165, 1.54) is 6.07 Å². The van der Waals surface area contributed by atoms with Crippen LogP contribution in [-0.4, -0.2) is 15.0 Å². The molecule has 19 heavy (non-hydrogen) atoms. The number of ether oxygens (including phenoxy) is 1. The molecule has 100 valence electrons. The zero-order valence-electron chi connectivity index (χ0n) is 10.5. The highest BCUT2D eigenvalue weighted by molar-refractivity contribution is 7.89. The van der Waals surface area contributed by atoms with Gasteiger partial charge in [0, 0.05) is 5.56 Å². The Balaban J connectivity index is 2.74. The van der Waals surface area contributed by atoms with E-state index in [1.807, 2.05) is 37.3 Å². The Kier molecular flexibility index (Phi) is 3.87. The van der Waals surface area contributed by atoms with Gasteiger partial charge in [0.05, 0.1) is 11.5 Å². The van der Waals surface area contributed by atoms with Crippen LogP contribution in [0.1, 0.15) is 6.92 Å². The average Bonchev–Trinajstić information content (AvgIpc) is 2.39. The molecule has 4 nitrogen and oxygen atoms in total. The zero-order chi connectivity index (χ0) is 13.9. The molecule has 0 aliphatic heterocycles. The van der Waals surface area contributed by atoms with Crippen molar-refractivity contribution < 1.29 is 13.2 Å². The number of primary sulfonamides is 1. The predicted octanol–water partition coefficient (Wildman–Crippen LogP) is 2.40. The number of hydrogen-bond acceptors (Lipinski definition) is 3. The van der Waals surface area contributed by atoms with Crippen LogP contribution in [0.5, 0.6) is 5.75 Å². The highest BCUT2D eigenvalue weighted by Gasteiger charge is 2.19. The molecule has 0 aliphatic carbocycles. The Morgan fingerprint density at radius 1 is 1.05 bits per heavy atom. The second kappa shape index (κ2) is 5.42. The number of hydrogen-bond donors (Lipinski definition) is 1. The minimum Gasteiger partial charge on any atom is -0.493 e. The molecule has 0 aromatic heterocycles. The summed E-state index contributed by atoms with van der Waals surface area (Å²) in [6, 6.07) is 14.0. The molecule has 0 saturated heterocycles. The van der Waals surface area contributed by atoms with Gasteiger partial charge in [0.25, 0.3) is 0 Å². The van der Waals surface area contributed by atoms with Gasteiger partial charge < -0.3 is 4.74 Å². The van der Waals surface area contributed by atoms with Crippen LogP contribution in [-0.2, 0) is 10.0 Å². The van der Waals surface area contributed by atoms with Gasteiger partial charge in [-0.1, -0.05) is 36.4 Å². The molecule has 0 heterocycles. The molecule has 0 saturated carbocycles. The lowest BCUT2D eigenvalue weighted by atomic mass is 10.0. The van der Waals surface area contributed by atoms with Crippen LogP contribution in [0.4, 0.5) is 0 Å². The summed E-state index contributed by atoms with van der Waals surface area (Å²) >= 11 is 0. The van der Waals surface area contributed by atoms with Gasteiger partial charge >= 0.3 is 0 Å². The molecule has 0 bridgehead atoms. The van der Waals surface area contributed by atoms with Gasteiger partial charge in [0.2, 0.25) is 10.0 Å². The van der Waals surface area contributed by atoms with E-state index < -0.39 is 10.0 Å². The van der Waals surface area contributed by atoms with Crippen LogP contribution >= 0.6 is 0 Å². The summed E-state index contributed by atoms with van der Waals surface area (Å²) < 4.78 is 28.9. The lowest BCUT2D eigenvalue weighted by molar-refractivity contribution is 0.341. The largest absolute Gasteiger partial charge is 0.493 e. The zero-order valence-corrected chi connectivity index (χ0v) is 11.4. The maximum absolute atomic E-state index is 11.7. The summed E-state index contributed by atoms with van der Waals surface area (Å²) in [6.07, 6.45) is 0. The van der Waals surface area contributed by atoms with E-state index in [9.17, 15) is 8.42 Å². The maximum atomic E-state index is 11.7. The van der Waals surface area contributed by atoms with Crippen molar-refractivity contribution in [3.05, 3.63) is 48.5 Å². The first-order valence-electron chi connectivity index (χ1n) is 5.88. The lowest BCUT2D eigenvalue weighted by Gasteiger charge is -2.14. The van der Waals surface area contributed by atoms with Gasteiger partial charge in [0.15, 0.2) is 0 Å². The van der Waals surface area contributed by atoms with Crippen molar-refractivity contribution >= 4 is 10.0 Å². The van der Waals surface area contributed by atoms with Gasteiger partial charge in [-0.25, -0.2) is 13.6 Å². The Bertz CT molecular complexity index is 666. The molecule has 0 fully saturated rings. The summed E-state index contributed by atoms with van der Waals surface area (Å²) in [5.41, 5.74) is 1.27. The first-order valence-corrected chi connectivity index (χ1v) is 7.42. The maximum Gasteiger partial charge on any atom is 0.238 e. The second-order valence-electron chi connectivity index (χ2n) is 3.97. The van der Waals surface area contributed by atoms with Gasteiger partial charge in [-0.15, -0.1) is 0 Å².